The zero-order chi connectivity index (χ0) is 13.1. The third-order valence-corrected chi connectivity index (χ3v) is 4.60. The van der Waals surface area contributed by atoms with Crippen LogP contribution in [0.1, 0.15) is 51.9 Å². The van der Waals surface area contributed by atoms with Crippen molar-refractivity contribution in [1.82, 2.24) is 4.90 Å². The second-order valence-corrected chi connectivity index (χ2v) is 5.92. The standard InChI is InChI=1S/C14H25NO3/c1-10(16)8-9-15-12-5-3-2-4-11(12)6-7-13(15)14(17)18/h10-13,16H,2-9H2,1H3,(H,17,18). The first-order valence-corrected chi connectivity index (χ1v) is 7.26. The van der Waals surface area contributed by atoms with Crippen molar-refractivity contribution in [1.29, 1.82) is 0 Å². The number of aliphatic hydroxyl groups excluding tert-OH is 1. The Morgan fingerprint density at radius 2 is 2.00 bits per heavy atom. The number of rotatable bonds is 4. The van der Waals surface area contributed by atoms with Crippen molar-refractivity contribution >= 4 is 5.97 Å². The van der Waals surface area contributed by atoms with Crippen LogP contribution in [-0.2, 0) is 4.79 Å². The molecule has 1 saturated heterocycles. The van der Waals surface area contributed by atoms with Crippen LogP contribution in [0.4, 0.5) is 0 Å². The number of carboxylic acid groups (broad SMARTS) is 1. The topological polar surface area (TPSA) is 60.8 Å². The number of piperidine rings is 1. The van der Waals surface area contributed by atoms with E-state index in [0.717, 1.165) is 25.8 Å². The molecule has 0 radical (unpaired) electrons. The summed E-state index contributed by atoms with van der Waals surface area (Å²) in [6.45, 7) is 2.49. The van der Waals surface area contributed by atoms with Gasteiger partial charge in [-0.05, 0) is 44.9 Å². The van der Waals surface area contributed by atoms with E-state index in [1.807, 2.05) is 0 Å². The lowest BCUT2D eigenvalue weighted by molar-refractivity contribution is -0.148. The molecule has 1 heterocycles. The summed E-state index contributed by atoms with van der Waals surface area (Å²) in [4.78, 5) is 13.5. The first-order valence-electron chi connectivity index (χ1n) is 7.26. The SMILES string of the molecule is CC(O)CCN1C(C(=O)O)CCC2CCCCC21. The van der Waals surface area contributed by atoms with E-state index in [9.17, 15) is 15.0 Å². The van der Waals surface area contributed by atoms with Gasteiger partial charge in [0, 0.05) is 12.6 Å². The zero-order valence-electron chi connectivity index (χ0n) is 11.2. The quantitative estimate of drug-likeness (QED) is 0.805. The van der Waals surface area contributed by atoms with Gasteiger partial charge in [0.15, 0.2) is 0 Å². The maximum Gasteiger partial charge on any atom is 0.320 e. The number of aliphatic hydroxyl groups is 1. The van der Waals surface area contributed by atoms with E-state index < -0.39 is 5.97 Å². The minimum absolute atomic E-state index is 0.330. The lowest BCUT2D eigenvalue weighted by Crippen LogP contribution is -2.55. The Balaban J connectivity index is 2.06. The monoisotopic (exact) mass is 255 g/mol. The Morgan fingerprint density at radius 1 is 1.28 bits per heavy atom. The Kier molecular flexibility index (Phi) is 4.62. The van der Waals surface area contributed by atoms with Crippen LogP contribution < -0.4 is 0 Å². The molecule has 18 heavy (non-hydrogen) atoms. The van der Waals surface area contributed by atoms with E-state index in [4.69, 9.17) is 0 Å². The highest BCUT2D eigenvalue weighted by Gasteiger charge is 2.40. The predicted molar refractivity (Wildman–Crippen MR) is 69.4 cm³/mol. The number of likely N-dealkylation sites (tertiary alicyclic amines) is 1. The zero-order valence-corrected chi connectivity index (χ0v) is 11.2. The Bertz CT molecular complexity index is 293. The smallest absolute Gasteiger partial charge is 0.320 e. The number of carbonyl (C=O) groups is 1. The number of aliphatic carboxylic acids is 1. The molecule has 1 aliphatic heterocycles. The van der Waals surface area contributed by atoms with E-state index in [0.29, 0.717) is 18.4 Å². The third-order valence-electron chi connectivity index (χ3n) is 4.60. The molecule has 0 aromatic heterocycles. The van der Waals surface area contributed by atoms with Crippen molar-refractivity contribution in [3.63, 3.8) is 0 Å². The van der Waals surface area contributed by atoms with Gasteiger partial charge in [-0.25, -0.2) is 0 Å². The summed E-state index contributed by atoms with van der Waals surface area (Å²) in [5, 5.41) is 18.8. The molecule has 0 bridgehead atoms. The molecule has 104 valence electrons. The maximum atomic E-state index is 11.4. The highest BCUT2D eigenvalue weighted by Crippen LogP contribution is 2.38. The average molecular weight is 255 g/mol. The molecule has 0 spiro atoms. The Labute approximate surface area is 109 Å². The van der Waals surface area contributed by atoms with Crippen molar-refractivity contribution in [3.8, 4) is 0 Å². The van der Waals surface area contributed by atoms with Gasteiger partial charge in [-0.2, -0.15) is 0 Å². The van der Waals surface area contributed by atoms with Crippen LogP contribution in [0.5, 0.6) is 0 Å². The second-order valence-electron chi connectivity index (χ2n) is 5.92. The van der Waals surface area contributed by atoms with Crippen LogP contribution in [0.15, 0.2) is 0 Å². The molecule has 4 nitrogen and oxygen atoms in total. The van der Waals surface area contributed by atoms with Crippen molar-refractivity contribution in [2.24, 2.45) is 5.92 Å². The minimum atomic E-state index is -0.690. The molecule has 4 unspecified atom stereocenters. The van der Waals surface area contributed by atoms with Crippen molar-refractivity contribution in [3.05, 3.63) is 0 Å². The Hall–Kier alpha value is -0.610. The fourth-order valence-corrected chi connectivity index (χ4v) is 3.65. The minimum Gasteiger partial charge on any atom is -0.480 e. The predicted octanol–water partition coefficient (Wildman–Crippen LogP) is 1.87. The van der Waals surface area contributed by atoms with E-state index >= 15 is 0 Å². The molecule has 2 N–H and O–H groups in total. The summed E-state index contributed by atoms with van der Waals surface area (Å²) in [6, 6.07) is 0.107. The number of nitrogens with zero attached hydrogens (tertiary/aromatic N) is 1. The maximum absolute atomic E-state index is 11.4. The number of hydrogen-bond donors (Lipinski definition) is 2. The summed E-state index contributed by atoms with van der Waals surface area (Å²) in [7, 11) is 0. The van der Waals surface area contributed by atoms with Gasteiger partial charge in [-0.3, -0.25) is 9.69 Å². The van der Waals surface area contributed by atoms with Crippen LogP contribution in [-0.4, -0.2) is 45.8 Å². The molecular formula is C14H25NO3. The summed E-state index contributed by atoms with van der Waals surface area (Å²) >= 11 is 0. The van der Waals surface area contributed by atoms with Crippen molar-refractivity contribution < 1.29 is 15.0 Å². The van der Waals surface area contributed by atoms with E-state index in [1.165, 1.54) is 19.3 Å². The van der Waals surface area contributed by atoms with Crippen LogP contribution >= 0.6 is 0 Å². The van der Waals surface area contributed by atoms with Crippen molar-refractivity contribution in [2.75, 3.05) is 6.54 Å². The largest absolute Gasteiger partial charge is 0.480 e. The molecule has 2 aliphatic rings. The van der Waals surface area contributed by atoms with Crippen LogP contribution in [0, 0.1) is 5.92 Å². The summed E-state index contributed by atoms with van der Waals surface area (Å²) in [5.41, 5.74) is 0. The highest BCUT2D eigenvalue weighted by atomic mass is 16.4. The fraction of sp³-hybridized carbons (Fsp3) is 0.929. The van der Waals surface area contributed by atoms with E-state index in [2.05, 4.69) is 4.90 Å². The lowest BCUT2D eigenvalue weighted by Gasteiger charge is -2.47. The number of hydrogen-bond acceptors (Lipinski definition) is 3. The Morgan fingerprint density at radius 3 is 2.67 bits per heavy atom. The molecule has 1 aliphatic carbocycles. The summed E-state index contributed by atoms with van der Waals surface area (Å²) in [6.07, 6.45) is 7.07. The summed E-state index contributed by atoms with van der Waals surface area (Å²) < 4.78 is 0. The van der Waals surface area contributed by atoms with Gasteiger partial charge >= 0.3 is 5.97 Å². The molecule has 4 atom stereocenters. The second kappa shape index (κ2) is 6.02. The van der Waals surface area contributed by atoms with Gasteiger partial charge in [0.25, 0.3) is 0 Å². The first-order chi connectivity index (χ1) is 8.59. The molecule has 0 aromatic rings. The van der Waals surface area contributed by atoms with Crippen LogP contribution in [0.2, 0.25) is 0 Å². The van der Waals surface area contributed by atoms with Gasteiger partial charge in [0.05, 0.1) is 6.10 Å². The molecule has 2 rings (SSSR count). The normalized spacial score (nSPS) is 34.9. The van der Waals surface area contributed by atoms with Gasteiger partial charge in [0.2, 0.25) is 0 Å². The molecule has 1 saturated carbocycles. The first kappa shape index (κ1) is 13.8. The molecule has 4 heteroatoms. The van der Waals surface area contributed by atoms with Crippen LogP contribution in [0.25, 0.3) is 0 Å². The third kappa shape index (κ3) is 3.04. The molecule has 2 fully saturated rings. The van der Waals surface area contributed by atoms with Crippen LogP contribution in [0.3, 0.4) is 0 Å². The fourth-order valence-electron chi connectivity index (χ4n) is 3.65. The van der Waals surface area contributed by atoms with Gasteiger partial charge in [-0.1, -0.05) is 12.8 Å². The van der Waals surface area contributed by atoms with Gasteiger partial charge in [-0.15, -0.1) is 0 Å². The summed E-state index contributed by atoms with van der Waals surface area (Å²) in [5.74, 6) is -0.00651. The highest BCUT2D eigenvalue weighted by molar-refractivity contribution is 5.73. The number of fused-ring (bicyclic) bond motifs is 1. The van der Waals surface area contributed by atoms with Gasteiger partial charge < -0.3 is 10.2 Å². The number of carboxylic acids is 1. The molecule has 0 amide bonds. The molecular weight excluding hydrogens is 230 g/mol. The van der Waals surface area contributed by atoms with E-state index in [-0.39, 0.29) is 12.1 Å². The van der Waals surface area contributed by atoms with Crippen molar-refractivity contribution in [2.45, 2.75) is 70.1 Å². The van der Waals surface area contributed by atoms with Gasteiger partial charge in [0.1, 0.15) is 6.04 Å². The molecule has 0 aromatic carbocycles. The lowest BCUT2D eigenvalue weighted by atomic mass is 9.76. The van der Waals surface area contributed by atoms with E-state index in [1.54, 1.807) is 6.92 Å². The average Bonchev–Trinajstić information content (AvgIpc) is 2.35.